The summed E-state index contributed by atoms with van der Waals surface area (Å²) in [6.07, 6.45) is 4.31. The van der Waals surface area contributed by atoms with Crippen LogP contribution in [-0.2, 0) is 6.54 Å². The third-order valence-electron chi connectivity index (χ3n) is 5.46. The maximum Gasteiger partial charge on any atom is 0.257 e. The van der Waals surface area contributed by atoms with Gasteiger partial charge < -0.3 is 9.26 Å². The van der Waals surface area contributed by atoms with Gasteiger partial charge in [0.2, 0.25) is 0 Å². The highest BCUT2D eigenvalue weighted by atomic mass is 16.5. The monoisotopic (exact) mass is 466 g/mol. The van der Waals surface area contributed by atoms with E-state index in [1.807, 2.05) is 54.6 Å². The summed E-state index contributed by atoms with van der Waals surface area (Å²) in [7, 11) is 0. The molecule has 0 fully saturated rings. The SMILES string of the molecule is CC(C)c1ccc(-c2ccc(Oc3cc(-c4ncno4)ccc3Cn3cnccc3=O)cc2)nn1. The van der Waals surface area contributed by atoms with Crippen molar-refractivity contribution in [2.45, 2.75) is 26.3 Å². The molecule has 0 N–H and O–H groups in total. The Balaban J connectivity index is 1.44. The molecule has 3 heterocycles. The lowest BCUT2D eigenvalue weighted by Gasteiger charge is -2.14. The Morgan fingerprint density at radius 1 is 0.971 bits per heavy atom. The molecule has 0 atom stereocenters. The van der Waals surface area contributed by atoms with Crippen molar-refractivity contribution in [3.8, 4) is 34.2 Å². The minimum Gasteiger partial charge on any atom is -0.457 e. The van der Waals surface area contributed by atoms with Gasteiger partial charge in [-0.3, -0.25) is 9.36 Å². The first-order valence-corrected chi connectivity index (χ1v) is 11.1. The molecule has 3 aromatic heterocycles. The van der Waals surface area contributed by atoms with Crippen molar-refractivity contribution in [3.63, 3.8) is 0 Å². The minimum absolute atomic E-state index is 0.152. The Morgan fingerprint density at radius 3 is 2.49 bits per heavy atom. The van der Waals surface area contributed by atoms with Gasteiger partial charge in [-0.05, 0) is 54.4 Å². The predicted molar refractivity (Wildman–Crippen MR) is 129 cm³/mol. The third kappa shape index (κ3) is 4.98. The lowest BCUT2D eigenvalue weighted by atomic mass is 10.1. The fraction of sp³-hybridized carbons (Fsp3) is 0.154. The number of nitrogens with zero attached hydrogens (tertiary/aromatic N) is 6. The molecule has 35 heavy (non-hydrogen) atoms. The summed E-state index contributed by atoms with van der Waals surface area (Å²) in [6, 6.07) is 18.5. The zero-order chi connectivity index (χ0) is 24.2. The zero-order valence-electron chi connectivity index (χ0n) is 19.2. The normalized spacial score (nSPS) is 11.1. The third-order valence-corrected chi connectivity index (χ3v) is 5.46. The van der Waals surface area contributed by atoms with Crippen LogP contribution in [0.5, 0.6) is 11.5 Å². The predicted octanol–water partition coefficient (Wildman–Crippen LogP) is 4.71. The summed E-state index contributed by atoms with van der Waals surface area (Å²) < 4.78 is 12.9. The van der Waals surface area contributed by atoms with E-state index in [4.69, 9.17) is 9.26 Å². The highest BCUT2D eigenvalue weighted by molar-refractivity contribution is 5.61. The van der Waals surface area contributed by atoms with Crippen molar-refractivity contribution >= 4 is 0 Å². The molecule has 2 aromatic carbocycles. The molecule has 0 bridgehead atoms. The first kappa shape index (κ1) is 22.1. The molecule has 9 heteroatoms. The summed E-state index contributed by atoms with van der Waals surface area (Å²) in [5, 5.41) is 12.3. The Morgan fingerprint density at radius 2 is 1.80 bits per heavy atom. The number of rotatable bonds is 7. The van der Waals surface area contributed by atoms with Crippen LogP contribution in [0.15, 0.2) is 88.8 Å². The smallest absolute Gasteiger partial charge is 0.257 e. The van der Waals surface area contributed by atoms with E-state index in [1.165, 1.54) is 29.5 Å². The highest BCUT2D eigenvalue weighted by Crippen LogP contribution is 2.31. The van der Waals surface area contributed by atoms with Crippen LogP contribution in [0.4, 0.5) is 0 Å². The topological polar surface area (TPSA) is 109 Å². The van der Waals surface area contributed by atoms with Gasteiger partial charge in [0, 0.05) is 29.0 Å². The number of hydrogen-bond donors (Lipinski definition) is 0. The number of ether oxygens (including phenoxy) is 1. The van der Waals surface area contributed by atoms with Crippen molar-refractivity contribution in [1.29, 1.82) is 0 Å². The molecule has 0 saturated carbocycles. The second kappa shape index (κ2) is 9.68. The van der Waals surface area contributed by atoms with E-state index in [1.54, 1.807) is 0 Å². The van der Waals surface area contributed by atoms with Crippen LogP contribution in [0.2, 0.25) is 0 Å². The molecule has 5 aromatic rings. The molecule has 0 aliphatic rings. The first-order chi connectivity index (χ1) is 17.1. The summed E-state index contributed by atoms with van der Waals surface area (Å²) in [4.78, 5) is 20.4. The Labute approximate surface area is 201 Å². The van der Waals surface area contributed by atoms with Crippen LogP contribution in [0.3, 0.4) is 0 Å². The van der Waals surface area contributed by atoms with Gasteiger partial charge in [0.1, 0.15) is 11.5 Å². The van der Waals surface area contributed by atoms with E-state index in [0.29, 0.717) is 35.4 Å². The number of aromatic nitrogens is 6. The zero-order valence-corrected chi connectivity index (χ0v) is 19.2. The second-order valence-electron chi connectivity index (χ2n) is 8.24. The molecule has 0 unspecified atom stereocenters. The quantitative estimate of drug-likeness (QED) is 0.339. The molecular weight excluding hydrogens is 444 g/mol. The van der Waals surface area contributed by atoms with Gasteiger partial charge in [0.05, 0.1) is 24.3 Å². The van der Waals surface area contributed by atoms with E-state index < -0.39 is 0 Å². The largest absolute Gasteiger partial charge is 0.457 e. The van der Waals surface area contributed by atoms with Crippen molar-refractivity contribution in [1.82, 2.24) is 29.9 Å². The van der Waals surface area contributed by atoms with E-state index >= 15 is 0 Å². The molecule has 174 valence electrons. The lowest BCUT2D eigenvalue weighted by molar-refractivity contribution is 0.429. The highest BCUT2D eigenvalue weighted by Gasteiger charge is 2.13. The average Bonchev–Trinajstić information content (AvgIpc) is 3.42. The van der Waals surface area contributed by atoms with Crippen LogP contribution in [0.1, 0.15) is 31.0 Å². The van der Waals surface area contributed by atoms with Crippen LogP contribution in [0.25, 0.3) is 22.7 Å². The number of hydrogen-bond acceptors (Lipinski definition) is 8. The van der Waals surface area contributed by atoms with Gasteiger partial charge in [0.25, 0.3) is 11.4 Å². The van der Waals surface area contributed by atoms with Gasteiger partial charge in [0.15, 0.2) is 6.33 Å². The molecule has 0 spiro atoms. The standard InChI is InChI=1S/C26H22N6O3/c1-17(2)22-9-10-23(31-30-22)18-5-7-21(8-6-18)34-24-13-19(26-28-15-29-35-26)3-4-20(24)14-32-16-27-12-11-25(32)33/h3-13,15-17H,14H2,1-2H3. The minimum atomic E-state index is -0.152. The van der Waals surface area contributed by atoms with Gasteiger partial charge in [-0.1, -0.05) is 25.1 Å². The molecule has 0 saturated heterocycles. The Hall–Kier alpha value is -4.66. The average molecular weight is 467 g/mol. The van der Waals surface area contributed by atoms with Crippen LogP contribution < -0.4 is 10.3 Å². The van der Waals surface area contributed by atoms with E-state index in [9.17, 15) is 4.79 Å². The van der Waals surface area contributed by atoms with E-state index in [2.05, 4.69) is 39.2 Å². The van der Waals surface area contributed by atoms with Gasteiger partial charge in [-0.25, -0.2) is 4.98 Å². The second-order valence-corrected chi connectivity index (χ2v) is 8.24. The van der Waals surface area contributed by atoms with Gasteiger partial charge >= 0.3 is 0 Å². The van der Waals surface area contributed by atoms with Crippen molar-refractivity contribution in [3.05, 3.63) is 101 Å². The molecule has 0 amide bonds. The van der Waals surface area contributed by atoms with Crippen LogP contribution >= 0.6 is 0 Å². The van der Waals surface area contributed by atoms with Crippen LogP contribution in [0, 0.1) is 0 Å². The first-order valence-electron chi connectivity index (χ1n) is 11.1. The Kier molecular flexibility index (Phi) is 6.13. The molecule has 9 nitrogen and oxygen atoms in total. The molecule has 0 aliphatic carbocycles. The van der Waals surface area contributed by atoms with Crippen molar-refractivity contribution < 1.29 is 9.26 Å². The maximum atomic E-state index is 12.2. The molecular formula is C26H22N6O3. The molecule has 0 aliphatic heterocycles. The summed E-state index contributed by atoms with van der Waals surface area (Å²) in [5.41, 5.74) is 4.02. The summed E-state index contributed by atoms with van der Waals surface area (Å²) in [6.45, 7) is 4.46. The maximum absolute atomic E-state index is 12.2. The Bertz CT molecular complexity index is 1480. The van der Waals surface area contributed by atoms with Crippen molar-refractivity contribution in [2.24, 2.45) is 0 Å². The van der Waals surface area contributed by atoms with E-state index in [0.717, 1.165) is 22.5 Å². The van der Waals surface area contributed by atoms with E-state index in [-0.39, 0.29) is 5.56 Å². The fourth-order valence-corrected chi connectivity index (χ4v) is 3.52. The fourth-order valence-electron chi connectivity index (χ4n) is 3.52. The summed E-state index contributed by atoms with van der Waals surface area (Å²) in [5.74, 6) is 1.89. The molecule has 0 radical (unpaired) electrons. The van der Waals surface area contributed by atoms with Crippen LogP contribution in [-0.4, -0.2) is 29.9 Å². The molecule has 5 rings (SSSR count). The summed E-state index contributed by atoms with van der Waals surface area (Å²) >= 11 is 0. The van der Waals surface area contributed by atoms with Gasteiger partial charge in [-0.15, -0.1) is 0 Å². The number of benzene rings is 2. The van der Waals surface area contributed by atoms with Gasteiger partial charge in [-0.2, -0.15) is 15.2 Å². The lowest BCUT2D eigenvalue weighted by Crippen LogP contribution is -2.19. The van der Waals surface area contributed by atoms with Crippen molar-refractivity contribution in [2.75, 3.05) is 0 Å².